The molecular weight excluding hydrogens is 486 g/mol. The number of aromatic nitrogens is 2. The number of anilines is 1. The van der Waals surface area contributed by atoms with Crippen molar-refractivity contribution < 1.29 is 14.0 Å². The lowest BCUT2D eigenvalue weighted by atomic mass is 10.0. The molecule has 39 heavy (non-hydrogen) atoms. The van der Waals surface area contributed by atoms with Crippen LogP contribution in [0, 0.1) is 0 Å². The molecule has 0 aliphatic rings. The average Bonchev–Trinajstić information content (AvgIpc) is 3.68. The van der Waals surface area contributed by atoms with Crippen LogP contribution in [-0.2, 0) is 0 Å². The van der Waals surface area contributed by atoms with Crippen molar-refractivity contribution in [3.8, 4) is 16.9 Å². The number of nitrogens with one attached hydrogen (secondary N) is 1. The average molecular weight is 510 g/mol. The quantitative estimate of drug-likeness (QED) is 0.179. The predicted molar refractivity (Wildman–Crippen MR) is 153 cm³/mol. The molecule has 0 bridgehead atoms. The van der Waals surface area contributed by atoms with Crippen LogP contribution < -0.4 is 5.32 Å². The van der Waals surface area contributed by atoms with Crippen molar-refractivity contribution in [1.82, 2.24) is 9.78 Å². The molecule has 6 heteroatoms. The zero-order chi connectivity index (χ0) is 26.6. The van der Waals surface area contributed by atoms with Crippen molar-refractivity contribution >= 4 is 34.2 Å². The van der Waals surface area contributed by atoms with E-state index in [1.807, 2.05) is 53.3 Å². The van der Waals surface area contributed by atoms with Gasteiger partial charge in [0.25, 0.3) is 5.91 Å². The molecule has 6 aromatic rings. The Bertz CT molecular complexity index is 1800. The second kappa shape index (κ2) is 10.5. The van der Waals surface area contributed by atoms with E-state index in [2.05, 4.69) is 35.6 Å². The molecule has 0 fully saturated rings. The van der Waals surface area contributed by atoms with E-state index in [1.165, 1.54) is 6.26 Å². The van der Waals surface area contributed by atoms with Gasteiger partial charge < -0.3 is 9.73 Å². The molecule has 2 aromatic heterocycles. The zero-order valence-electron chi connectivity index (χ0n) is 20.8. The first-order valence-corrected chi connectivity index (χ1v) is 12.5. The lowest BCUT2D eigenvalue weighted by Gasteiger charge is -2.04. The maximum absolute atomic E-state index is 13.0. The summed E-state index contributed by atoms with van der Waals surface area (Å²) in [5.74, 6) is -0.289. The van der Waals surface area contributed by atoms with E-state index in [9.17, 15) is 9.59 Å². The molecule has 2 heterocycles. The summed E-state index contributed by atoms with van der Waals surface area (Å²) in [4.78, 5) is 25.2. The summed E-state index contributed by atoms with van der Waals surface area (Å²) >= 11 is 0. The Kier molecular flexibility index (Phi) is 6.41. The highest BCUT2D eigenvalue weighted by molar-refractivity contribution is 6.08. The molecular formula is C33H23N3O3. The van der Waals surface area contributed by atoms with Crippen LogP contribution in [-0.4, -0.2) is 21.5 Å². The number of furan rings is 1. The van der Waals surface area contributed by atoms with Gasteiger partial charge in [0, 0.05) is 28.6 Å². The van der Waals surface area contributed by atoms with Gasteiger partial charge in [-0.05, 0) is 77.5 Å². The maximum atomic E-state index is 13.0. The zero-order valence-corrected chi connectivity index (χ0v) is 20.8. The molecule has 188 valence electrons. The first kappa shape index (κ1) is 23.9. The number of amides is 1. The smallest absolute Gasteiger partial charge is 0.291 e. The van der Waals surface area contributed by atoms with E-state index in [0.29, 0.717) is 11.3 Å². The number of rotatable bonds is 7. The minimum Gasteiger partial charge on any atom is -0.459 e. The Morgan fingerprint density at radius 3 is 2.33 bits per heavy atom. The van der Waals surface area contributed by atoms with Gasteiger partial charge in [0.2, 0.25) is 0 Å². The summed E-state index contributed by atoms with van der Waals surface area (Å²) in [6.07, 6.45) is 6.72. The molecule has 0 atom stereocenters. The third-order valence-corrected chi connectivity index (χ3v) is 6.37. The summed E-state index contributed by atoms with van der Waals surface area (Å²) < 4.78 is 6.94. The summed E-state index contributed by atoms with van der Waals surface area (Å²) in [6.45, 7) is 0. The summed E-state index contributed by atoms with van der Waals surface area (Å²) in [5, 5.41) is 9.90. The number of ketones is 1. The third kappa shape index (κ3) is 5.17. The van der Waals surface area contributed by atoms with Crippen molar-refractivity contribution in [3.63, 3.8) is 0 Å². The fourth-order valence-corrected chi connectivity index (χ4v) is 4.36. The van der Waals surface area contributed by atoms with Crippen LogP contribution in [0.2, 0.25) is 0 Å². The number of benzene rings is 4. The number of hydrogen-bond donors (Lipinski definition) is 1. The highest BCUT2D eigenvalue weighted by atomic mass is 16.3. The number of allylic oxidation sites excluding steroid dienone is 1. The topological polar surface area (TPSA) is 77.1 Å². The molecule has 0 radical (unpaired) electrons. The van der Waals surface area contributed by atoms with Gasteiger partial charge in [0.15, 0.2) is 11.5 Å². The number of fused-ring (bicyclic) bond motifs is 1. The monoisotopic (exact) mass is 509 g/mol. The second-order valence-electron chi connectivity index (χ2n) is 8.98. The van der Waals surface area contributed by atoms with E-state index >= 15 is 0 Å². The van der Waals surface area contributed by atoms with E-state index in [4.69, 9.17) is 9.52 Å². The van der Waals surface area contributed by atoms with Gasteiger partial charge >= 0.3 is 0 Å². The van der Waals surface area contributed by atoms with Crippen LogP contribution in [0.25, 0.3) is 33.8 Å². The SMILES string of the molecule is O=C(/C=C/c1cn(-c2ccccc2)nc1-c1ccc2ccccc2c1)c1ccc(NC(=O)c2ccco2)cc1. The van der Waals surface area contributed by atoms with E-state index in [0.717, 1.165) is 33.3 Å². The number of carbonyl (C=O) groups is 2. The standard InChI is InChI=1S/C33H23N3O3/c37-30(24-14-17-28(18-15-24)34-33(38)31-11-6-20-39-31)19-16-27-22-36(29-9-2-1-3-10-29)35-32(27)26-13-12-23-7-4-5-8-25(23)21-26/h1-22H,(H,34,38)/b19-16+. The van der Waals surface area contributed by atoms with Gasteiger partial charge in [-0.15, -0.1) is 0 Å². The van der Waals surface area contributed by atoms with Gasteiger partial charge in [0.05, 0.1) is 17.6 Å². The molecule has 0 aliphatic carbocycles. The Morgan fingerprint density at radius 1 is 0.795 bits per heavy atom. The minimum absolute atomic E-state index is 0.157. The first-order chi connectivity index (χ1) is 19.1. The molecule has 0 aliphatic heterocycles. The molecule has 1 amide bonds. The Balaban J connectivity index is 1.28. The molecule has 6 nitrogen and oxygen atoms in total. The number of carbonyl (C=O) groups excluding carboxylic acids is 2. The number of nitrogens with zero attached hydrogens (tertiary/aromatic N) is 2. The normalized spacial score (nSPS) is 11.2. The summed E-state index contributed by atoms with van der Waals surface area (Å²) in [7, 11) is 0. The highest BCUT2D eigenvalue weighted by Gasteiger charge is 2.13. The third-order valence-electron chi connectivity index (χ3n) is 6.37. The van der Waals surface area contributed by atoms with E-state index in [1.54, 1.807) is 48.6 Å². The Morgan fingerprint density at radius 2 is 1.56 bits per heavy atom. The van der Waals surface area contributed by atoms with Crippen molar-refractivity contribution in [2.75, 3.05) is 5.32 Å². The largest absolute Gasteiger partial charge is 0.459 e. The van der Waals surface area contributed by atoms with Crippen molar-refractivity contribution in [2.45, 2.75) is 0 Å². The van der Waals surface area contributed by atoms with Crippen LogP contribution in [0.4, 0.5) is 5.69 Å². The second-order valence-corrected chi connectivity index (χ2v) is 8.98. The van der Waals surface area contributed by atoms with Crippen LogP contribution in [0.15, 0.2) is 132 Å². The molecule has 0 saturated carbocycles. The first-order valence-electron chi connectivity index (χ1n) is 12.5. The van der Waals surface area contributed by atoms with Gasteiger partial charge in [-0.25, -0.2) is 4.68 Å². The fourth-order valence-electron chi connectivity index (χ4n) is 4.36. The molecule has 1 N–H and O–H groups in total. The summed E-state index contributed by atoms with van der Waals surface area (Å²) in [6, 6.07) is 34.3. The molecule has 6 rings (SSSR count). The maximum Gasteiger partial charge on any atom is 0.291 e. The molecule has 0 spiro atoms. The van der Waals surface area contributed by atoms with Gasteiger partial charge in [-0.2, -0.15) is 5.10 Å². The fraction of sp³-hybridized carbons (Fsp3) is 0. The van der Waals surface area contributed by atoms with Crippen LogP contribution in [0.3, 0.4) is 0 Å². The Labute approximate surface area is 224 Å². The Hall–Kier alpha value is -5.49. The van der Waals surface area contributed by atoms with E-state index < -0.39 is 0 Å². The molecule has 0 unspecified atom stereocenters. The lowest BCUT2D eigenvalue weighted by Crippen LogP contribution is -2.10. The molecule has 0 saturated heterocycles. The van der Waals surface area contributed by atoms with Gasteiger partial charge in [-0.1, -0.05) is 54.6 Å². The van der Waals surface area contributed by atoms with Crippen LogP contribution in [0.1, 0.15) is 26.5 Å². The lowest BCUT2D eigenvalue weighted by molar-refractivity contribution is 0.0996. The highest BCUT2D eigenvalue weighted by Crippen LogP contribution is 2.28. The van der Waals surface area contributed by atoms with Crippen molar-refractivity contribution in [3.05, 3.63) is 145 Å². The van der Waals surface area contributed by atoms with Gasteiger partial charge in [-0.3, -0.25) is 9.59 Å². The van der Waals surface area contributed by atoms with Crippen molar-refractivity contribution in [1.29, 1.82) is 0 Å². The predicted octanol–water partition coefficient (Wildman–Crippen LogP) is 7.43. The minimum atomic E-state index is -0.351. The van der Waals surface area contributed by atoms with Crippen LogP contribution in [0.5, 0.6) is 0 Å². The van der Waals surface area contributed by atoms with Crippen LogP contribution >= 0.6 is 0 Å². The number of hydrogen-bond acceptors (Lipinski definition) is 4. The van der Waals surface area contributed by atoms with Gasteiger partial charge in [0.1, 0.15) is 0 Å². The number of para-hydroxylation sites is 1. The summed E-state index contributed by atoms with van der Waals surface area (Å²) in [5.41, 5.74) is 4.57. The van der Waals surface area contributed by atoms with Crippen molar-refractivity contribution in [2.24, 2.45) is 0 Å². The molecule has 4 aromatic carbocycles. The van der Waals surface area contributed by atoms with E-state index in [-0.39, 0.29) is 17.5 Å².